The molecular weight excluding hydrogens is 317 g/mol. The van der Waals surface area contributed by atoms with Crippen LogP contribution in [0.1, 0.15) is 34.3 Å². The molecule has 1 amide bonds. The second-order valence-electron chi connectivity index (χ2n) is 6.82. The van der Waals surface area contributed by atoms with Crippen molar-refractivity contribution in [2.75, 3.05) is 19.7 Å². The molecule has 4 heteroatoms. The van der Waals surface area contributed by atoms with E-state index in [1.807, 2.05) is 38.1 Å². The number of ether oxygens (including phenoxy) is 1. The van der Waals surface area contributed by atoms with E-state index in [2.05, 4.69) is 0 Å². The SMILES string of the molecule is Cc1ccc(C(=O)N2CCC[C@@H](COc3ccccc3C)C2)c(F)c1. The van der Waals surface area contributed by atoms with Gasteiger partial charge in [0.25, 0.3) is 5.91 Å². The number of rotatable bonds is 4. The third-order valence-corrected chi connectivity index (χ3v) is 4.73. The van der Waals surface area contributed by atoms with Gasteiger partial charge in [0.05, 0.1) is 12.2 Å². The van der Waals surface area contributed by atoms with Crippen LogP contribution in [0.15, 0.2) is 42.5 Å². The first-order chi connectivity index (χ1) is 12.0. The largest absolute Gasteiger partial charge is 0.493 e. The van der Waals surface area contributed by atoms with Crippen molar-refractivity contribution < 1.29 is 13.9 Å². The van der Waals surface area contributed by atoms with Gasteiger partial charge in [-0.1, -0.05) is 24.3 Å². The lowest BCUT2D eigenvalue weighted by atomic mass is 9.98. The maximum absolute atomic E-state index is 14.1. The summed E-state index contributed by atoms with van der Waals surface area (Å²) in [6.07, 6.45) is 1.94. The molecule has 1 fully saturated rings. The van der Waals surface area contributed by atoms with Crippen LogP contribution in [0.5, 0.6) is 5.75 Å². The number of piperidine rings is 1. The van der Waals surface area contributed by atoms with Gasteiger partial charge in [0.1, 0.15) is 11.6 Å². The molecule has 0 aromatic heterocycles. The standard InChI is InChI=1S/C21H24FNO2/c1-15-9-10-18(19(22)12-15)21(24)23-11-5-7-17(13-23)14-25-20-8-4-3-6-16(20)2/h3-4,6,8-10,12,17H,5,7,11,13-14H2,1-2H3/t17-/m1/s1. The Bertz CT molecular complexity index is 759. The quantitative estimate of drug-likeness (QED) is 0.826. The number of carbonyl (C=O) groups is 1. The summed E-state index contributed by atoms with van der Waals surface area (Å²) >= 11 is 0. The van der Waals surface area contributed by atoms with Crippen molar-refractivity contribution in [2.45, 2.75) is 26.7 Å². The predicted octanol–water partition coefficient (Wildman–Crippen LogP) is 4.37. The molecule has 1 heterocycles. The van der Waals surface area contributed by atoms with Gasteiger partial charge in [0.2, 0.25) is 0 Å². The highest BCUT2D eigenvalue weighted by atomic mass is 19.1. The molecule has 1 aliphatic rings. The minimum absolute atomic E-state index is 0.158. The van der Waals surface area contributed by atoms with E-state index in [9.17, 15) is 9.18 Å². The lowest BCUT2D eigenvalue weighted by molar-refractivity contribution is 0.0628. The van der Waals surface area contributed by atoms with Gasteiger partial charge in [-0.15, -0.1) is 0 Å². The Morgan fingerprint density at radius 1 is 1.24 bits per heavy atom. The highest BCUT2D eigenvalue weighted by Gasteiger charge is 2.26. The average molecular weight is 341 g/mol. The van der Waals surface area contributed by atoms with Crippen LogP contribution >= 0.6 is 0 Å². The molecule has 2 aromatic rings. The van der Waals surface area contributed by atoms with Crippen LogP contribution < -0.4 is 4.74 Å². The number of carbonyl (C=O) groups excluding carboxylic acids is 1. The number of aryl methyl sites for hydroxylation is 2. The van der Waals surface area contributed by atoms with Gasteiger partial charge in [-0.25, -0.2) is 4.39 Å². The Hall–Kier alpha value is -2.36. The van der Waals surface area contributed by atoms with E-state index in [0.717, 1.165) is 29.7 Å². The molecule has 25 heavy (non-hydrogen) atoms. The molecule has 1 saturated heterocycles. The molecular formula is C21H24FNO2. The Kier molecular flexibility index (Phi) is 5.37. The third kappa shape index (κ3) is 4.19. The summed E-state index contributed by atoms with van der Waals surface area (Å²) in [5.41, 5.74) is 2.08. The van der Waals surface area contributed by atoms with Gasteiger partial charge < -0.3 is 9.64 Å². The van der Waals surface area contributed by atoms with Gasteiger partial charge in [0, 0.05) is 19.0 Å². The molecule has 0 unspecified atom stereocenters. The van der Waals surface area contributed by atoms with Gasteiger partial charge in [-0.3, -0.25) is 4.79 Å². The molecule has 0 spiro atoms. The second-order valence-corrected chi connectivity index (χ2v) is 6.82. The first-order valence-corrected chi connectivity index (χ1v) is 8.78. The second kappa shape index (κ2) is 7.68. The number of halogens is 1. The van der Waals surface area contributed by atoms with Crippen molar-refractivity contribution in [3.8, 4) is 5.75 Å². The summed E-state index contributed by atoms with van der Waals surface area (Å²) in [6, 6.07) is 12.7. The smallest absolute Gasteiger partial charge is 0.256 e. The fraction of sp³-hybridized carbons (Fsp3) is 0.381. The molecule has 0 radical (unpaired) electrons. The predicted molar refractivity (Wildman–Crippen MR) is 96.4 cm³/mol. The molecule has 3 rings (SSSR count). The summed E-state index contributed by atoms with van der Waals surface area (Å²) in [7, 11) is 0. The van der Waals surface area contributed by atoms with Gasteiger partial charge in [-0.2, -0.15) is 0 Å². The molecule has 132 valence electrons. The number of amides is 1. The van der Waals surface area contributed by atoms with E-state index < -0.39 is 5.82 Å². The number of para-hydroxylation sites is 1. The fourth-order valence-corrected chi connectivity index (χ4v) is 3.28. The topological polar surface area (TPSA) is 29.5 Å². The number of likely N-dealkylation sites (tertiary alicyclic amines) is 1. The van der Waals surface area contributed by atoms with E-state index in [-0.39, 0.29) is 17.4 Å². The van der Waals surface area contributed by atoms with Gasteiger partial charge in [-0.05, 0) is 56.0 Å². The highest BCUT2D eigenvalue weighted by Crippen LogP contribution is 2.23. The van der Waals surface area contributed by atoms with Crippen LogP contribution in [-0.2, 0) is 0 Å². The summed E-state index contributed by atoms with van der Waals surface area (Å²) in [4.78, 5) is 14.4. The molecule has 0 N–H and O–H groups in total. The Morgan fingerprint density at radius 2 is 2.04 bits per heavy atom. The summed E-state index contributed by atoms with van der Waals surface area (Å²) in [5.74, 6) is 0.489. The molecule has 1 aliphatic heterocycles. The van der Waals surface area contributed by atoms with Crippen LogP contribution in [0.4, 0.5) is 4.39 Å². The zero-order valence-corrected chi connectivity index (χ0v) is 14.8. The molecule has 1 atom stereocenters. The van der Waals surface area contributed by atoms with Gasteiger partial charge >= 0.3 is 0 Å². The monoisotopic (exact) mass is 341 g/mol. The lowest BCUT2D eigenvalue weighted by Crippen LogP contribution is -2.41. The minimum atomic E-state index is -0.441. The normalized spacial score (nSPS) is 17.4. The number of nitrogens with zero attached hydrogens (tertiary/aromatic N) is 1. The van der Waals surface area contributed by atoms with Crippen LogP contribution in [0.2, 0.25) is 0 Å². The van der Waals surface area contributed by atoms with Crippen LogP contribution in [0.3, 0.4) is 0 Å². The Labute approximate surface area is 148 Å². The van der Waals surface area contributed by atoms with Crippen molar-refractivity contribution in [3.63, 3.8) is 0 Å². The van der Waals surface area contributed by atoms with E-state index in [1.54, 1.807) is 17.0 Å². The van der Waals surface area contributed by atoms with Crippen LogP contribution in [-0.4, -0.2) is 30.5 Å². The van der Waals surface area contributed by atoms with Gasteiger partial charge in [0.15, 0.2) is 0 Å². The fourth-order valence-electron chi connectivity index (χ4n) is 3.28. The summed E-state index contributed by atoms with van der Waals surface area (Å²) in [5, 5.41) is 0. The first-order valence-electron chi connectivity index (χ1n) is 8.78. The number of benzene rings is 2. The van der Waals surface area contributed by atoms with Crippen molar-refractivity contribution in [2.24, 2.45) is 5.92 Å². The van der Waals surface area contributed by atoms with Crippen LogP contribution in [0.25, 0.3) is 0 Å². The summed E-state index contributed by atoms with van der Waals surface area (Å²) in [6.45, 7) is 5.69. The van der Waals surface area contributed by atoms with Crippen molar-refractivity contribution >= 4 is 5.91 Å². The van der Waals surface area contributed by atoms with E-state index in [0.29, 0.717) is 19.7 Å². The van der Waals surface area contributed by atoms with E-state index in [4.69, 9.17) is 4.74 Å². The maximum atomic E-state index is 14.1. The zero-order chi connectivity index (χ0) is 17.8. The average Bonchev–Trinajstić information content (AvgIpc) is 2.61. The van der Waals surface area contributed by atoms with Crippen LogP contribution in [0, 0.1) is 25.6 Å². The Balaban J connectivity index is 1.62. The minimum Gasteiger partial charge on any atom is -0.493 e. The first kappa shape index (κ1) is 17.5. The molecule has 3 nitrogen and oxygen atoms in total. The number of hydrogen-bond acceptors (Lipinski definition) is 2. The lowest BCUT2D eigenvalue weighted by Gasteiger charge is -2.33. The zero-order valence-electron chi connectivity index (χ0n) is 14.8. The number of hydrogen-bond donors (Lipinski definition) is 0. The molecule has 0 bridgehead atoms. The molecule has 0 saturated carbocycles. The van der Waals surface area contributed by atoms with Crippen molar-refractivity contribution in [1.29, 1.82) is 0 Å². The van der Waals surface area contributed by atoms with Crippen molar-refractivity contribution in [3.05, 3.63) is 65.0 Å². The Morgan fingerprint density at radius 3 is 2.80 bits per heavy atom. The van der Waals surface area contributed by atoms with E-state index in [1.165, 1.54) is 6.07 Å². The van der Waals surface area contributed by atoms with E-state index >= 15 is 0 Å². The molecule has 0 aliphatic carbocycles. The third-order valence-electron chi connectivity index (χ3n) is 4.73. The highest BCUT2D eigenvalue weighted by molar-refractivity contribution is 5.94. The molecule has 2 aromatic carbocycles. The summed E-state index contributed by atoms with van der Waals surface area (Å²) < 4.78 is 20.0. The maximum Gasteiger partial charge on any atom is 0.256 e. The van der Waals surface area contributed by atoms with Crippen molar-refractivity contribution in [1.82, 2.24) is 4.90 Å².